The maximum atomic E-state index is 13.6. The third kappa shape index (κ3) is 6.80. The van der Waals surface area contributed by atoms with E-state index in [-0.39, 0.29) is 29.4 Å². The van der Waals surface area contributed by atoms with Crippen LogP contribution in [0.3, 0.4) is 0 Å². The van der Waals surface area contributed by atoms with Gasteiger partial charge in [0, 0.05) is 55.9 Å². The van der Waals surface area contributed by atoms with E-state index in [4.69, 9.17) is 9.47 Å². The Balaban J connectivity index is 1.37. The topological polar surface area (TPSA) is 91.8 Å². The van der Waals surface area contributed by atoms with Crippen molar-refractivity contribution in [2.75, 3.05) is 48.8 Å². The third-order valence-electron chi connectivity index (χ3n) is 5.36. The predicted octanol–water partition coefficient (Wildman–Crippen LogP) is 4.51. The number of aromatic nitrogens is 2. The molecule has 0 atom stereocenters. The summed E-state index contributed by atoms with van der Waals surface area (Å²) < 4.78 is 24.4. The fraction of sp³-hybridized carbons (Fsp3) is 0.320. The normalized spacial score (nSPS) is 14.0. The number of carbonyl (C=O) groups is 1. The first-order valence-electron chi connectivity index (χ1n) is 11.4. The molecule has 1 amide bonds. The molecule has 1 saturated heterocycles. The second-order valence-electron chi connectivity index (χ2n) is 8.50. The molecule has 1 aliphatic heterocycles. The van der Waals surface area contributed by atoms with Gasteiger partial charge in [-0.05, 0) is 57.3 Å². The van der Waals surface area contributed by atoms with Gasteiger partial charge in [0.05, 0.1) is 11.8 Å². The summed E-state index contributed by atoms with van der Waals surface area (Å²) in [5, 5.41) is 5.68. The molecule has 10 heteroatoms. The minimum Gasteiger partial charge on any atom is -0.489 e. The van der Waals surface area contributed by atoms with E-state index in [1.807, 2.05) is 26.0 Å². The van der Waals surface area contributed by atoms with Crippen molar-refractivity contribution in [3.05, 3.63) is 60.5 Å². The van der Waals surface area contributed by atoms with Crippen LogP contribution in [0, 0.1) is 5.82 Å². The molecule has 0 spiro atoms. The number of halogens is 1. The van der Waals surface area contributed by atoms with E-state index in [0.717, 1.165) is 31.9 Å². The minimum atomic E-state index is -0.786. The molecule has 0 unspecified atom stereocenters. The molecule has 35 heavy (non-hydrogen) atoms. The van der Waals surface area contributed by atoms with Crippen molar-refractivity contribution in [1.29, 1.82) is 0 Å². The highest BCUT2D eigenvalue weighted by molar-refractivity contribution is 5.88. The lowest BCUT2D eigenvalue weighted by molar-refractivity contribution is 0.212. The first-order chi connectivity index (χ1) is 16.9. The molecule has 9 nitrogen and oxygen atoms in total. The van der Waals surface area contributed by atoms with Crippen molar-refractivity contribution in [2.45, 2.75) is 20.0 Å². The third-order valence-corrected chi connectivity index (χ3v) is 5.36. The summed E-state index contributed by atoms with van der Waals surface area (Å²) in [6.07, 6.45) is 0.507. The largest absolute Gasteiger partial charge is 0.489 e. The molecule has 1 aliphatic rings. The molecular weight excluding hydrogens is 451 g/mol. The van der Waals surface area contributed by atoms with Gasteiger partial charge in [0.15, 0.2) is 0 Å². The van der Waals surface area contributed by atoms with Crippen LogP contribution >= 0.6 is 0 Å². The maximum absolute atomic E-state index is 13.6. The highest BCUT2D eigenvalue weighted by atomic mass is 19.1. The molecule has 0 bridgehead atoms. The summed E-state index contributed by atoms with van der Waals surface area (Å²) in [6, 6.07) is 13.3. The van der Waals surface area contributed by atoms with Crippen LogP contribution in [-0.4, -0.2) is 60.3 Å². The Morgan fingerprint density at radius 3 is 2.51 bits per heavy atom. The van der Waals surface area contributed by atoms with Gasteiger partial charge in [0.2, 0.25) is 11.8 Å². The van der Waals surface area contributed by atoms with Gasteiger partial charge in [-0.3, -0.25) is 5.32 Å². The lowest BCUT2D eigenvalue weighted by Gasteiger charge is -2.34. The number of carbonyl (C=O) groups excluding carboxylic acids is 1. The number of nitrogens with one attached hydrogen (secondary N) is 2. The summed E-state index contributed by atoms with van der Waals surface area (Å²) in [4.78, 5) is 25.5. The Morgan fingerprint density at radius 2 is 1.80 bits per heavy atom. The average molecular weight is 481 g/mol. The number of benzene rings is 2. The fourth-order valence-corrected chi connectivity index (χ4v) is 3.59. The average Bonchev–Trinajstić information content (AvgIpc) is 2.82. The first kappa shape index (κ1) is 24.2. The van der Waals surface area contributed by atoms with Gasteiger partial charge in [0.25, 0.3) is 0 Å². The highest BCUT2D eigenvalue weighted by Crippen LogP contribution is 2.27. The number of anilines is 4. The number of rotatable bonds is 7. The van der Waals surface area contributed by atoms with E-state index in [0.29, 0.717) is 0 Å². The minimum absolute atomic E-state index is 0.0579. The van der Waals surface area contributed by atoms with Crippen LogP contribution in [0.4, 0.5) is 32.2 Å². The Hall–Kier alpha value is -3.92. The fourth-order valence-electron chi connectivity index (χ4n) is 3.59. The zero-order valence-corrected chi connectivity index (χ0v) is 20.0. The molecule has 3 aromatic rings. The molecule has 2 heterocycles. The van der Waals surface area contributed by atoms with Gasteiger partial charge in [-0.1, -0.05) is 0 Å². The monoisotopic (exact) mass is 480 g/mol. The van der Waals surface area contributed by atoms with Gasteiger partial charge in [-0.25, -0.2) is 14.2 Å². The Labute approximate surface area is 203 Å². The summed E-state index contributed by atoms with van der Waals surface area (Å²) >= 11 is 0. The van der Waals surface area contributed by atoms with Gasteiger partial charge < -0.3 is 24.6 Å². The van der Waals surface area contributed by atoms with Crippen molar-refractivity contribution >= 4 is 29.1 Å². The van der Waals surface area contributed by atoms with Crippen LogP contribution in [0.5, 0.6) is 11.6 Å². The molecule has 2 N–H and O–H groups in total. The Bertz CT molecular complexity index is 1150. The summed E-state index contributed by atoms with van der Waals surface area (Å²) in [5.74, 6) is 0.0837. The first-order valence-corrected chi connectivity index (χ1v) is 11.4. The van der Waals surface area contributed by atoms with Gasteiger partial charge in [-0.15, -0.1) is 0 Å². The summed E-state index contributed by atoms with van der Waals surface area (Å²) in [7, 11) is 2.13. The van der Waals surface area contributed by atoms with Crippen molar-refractivity contribution in [2.24, 2.45) is 0 Å². The number of piperazine rings is 1. The van der Waals surface area contributed by atoms with E-state index in [2.05, 4.69) is 49.6 Å². The van der Waals surface area contributed by atoms with Gasteiger partial charge >= 0.3 is 6.09 Å². The lowest BCUT2D eigenvalue weighted by atomic mass is 10.2. The summed E-state index contributed by atoms with van der Waals surface area (Å²) in [5.41, 5.74) is 2.27. The van der Waals surface area contributed by atoms with E-state index in [1.54, 1.807) is 0 Å². The number of hydrogen-bond acceptors (Lipinski definition) is 8. The quantitative estimate of drug-likeness (QED) is 0.511. The number of hydrogen-bond donors (Lipinski definition) is 2. The van der Waals surface area contributed by atoms with Crippen LogP contribution in [0.2, 0.25) is 0 Å². The highest BCUT2D eigenvalue weighted by Gasteiger charge is 2.15. The van der Waals surface area contributed by atoms with Gasteiger partial charge in [-0.2, -0.15) is 4.98 Å². The SMILES string of the molecule is CC(C)Oc1cc(F)ccc1NC(=O)Oc1ccnc(Nc2ccc(N3CCN(C)CC3)cc2)n1. The maximum Gasteiger partial charge on any atom is 0.418 e. The van der Waals surface area contributed by atoms with Crippen LogP contribution in [0.15, 0.2) is 54.7 Å². The number of amides is 1. The molecule has 4 rings (SSSR count). The summed E-state index contributed by atoms with van der Waals surface area (Å²) in [6.45, 7) is 7.70. The Kier molecular flexibility index (Phi) is 7.61. The van der Waals surface area contributed by atoms with Crippen LogP contribution in [0.1, 0.15) is 13.8 Å². The van der Waals surface area contributed by atoms with Crippen LogP contribution in [-0.2, 0) is 0 Å². The zero-order chi connectivity index (χ0) is 24.8. The van der Waals surface area contributed by atoms with E-state index in [1.165, 1.54) is 36.1 Å². The Morgan fingerprint density at radius 1 is 1.06 bits per heavy atom. The standard InChI is InChI=1S/C25H29FN6O3/c1-17(2)34-22-16-18(26)4-9-21(22)29-25(33)35-23-10-11-27-24(30-23)28-19-5-7-20(8-6-19)32-14-12-31(3)13-15-32/h4-11,16-17H,12-15H2,1-3H3,(H,29,33)(H,27,28,30). The van der Waals surface area contributed by atoms with Crippen LogP contribution in [0.25, 0.3) is 0 Å². The van der Waals surface area contributed by atoms with E-state index in [9.17, 15) is 9.18 Å². The van der Waals surface area contributed by atoms with E-state index >= 15 is 0 Å². The van der Waals surface area contributed by atoms with Crippen molar-refractivity contribution in [3.8, 4) is 11.6 Å². The molecule has 0 aliphatic carbocycles. The number of ether oxygens (including phenoxy) is 2. The molecule has 2 aromatic carbocycles. The smallest absolute Gasteiger partial charge is 0.418 e. The molecule has 1 aromatic heterocycles. The second-order valence-corrected chi connectivity index (χ2v) is 8.50. The van der Waals surface area contributed by atoms with Crippen molar-refractivity contribution in [1.82, 2.24) is 14.9 Å². The van der Waals surface area contributed by atoms with E-state index < -0.39 is 11.9 Å². The molecular formula is C25H29FN6O3. The van der Waals surface area contributed by atoms with Crippen molar-refractivity contribution < 1.29 is 18.7 Å². The lowest BCUT2D eigenvalue weighted by Crippen LogP contribution is -2.44. The van der Waals surface area contributed by atoms with Crippen LogP contribution < -0.4 is 25.0 Å². The molecule has 1 fully saturated rings. The molecule has 0 radical (unpaired) electrons. The predicted molar refractivity (Wildman–Crippen MR) is 133 cm³/mol. The second kappa shape index (κ2) is 11.0. The van der Waals surface area contributed by atoms with Crippen molar-refractivity contribution in [3.63, 3.8) is 0 Å². The molecule has 184 valence electrons. The number of likely N-dealkylation sites (N-methyl/N-ethyl adjacent to an activating group) is 1. The van der Waals surface area contributed by atoms with Gasteiger partial charge in [0.1, 0.15) is 11.6 Å². The zero-order valence-electron chi connectivity index (χ0n) is 20.0. The molecule has 0 saturated carbocycles. The number of nitrogens with zero attached hydrogens (tertiary/aromatic N) is 4.